The number of hydrogen-bond acceptors (Lipinski definition) is 7. The van der Waals surface area contributed by atoms with E-state index in [1.54, 1.807) is 0 Å². The standard InChI is InChI=1S/C18H18BF5O7/c1-2-17(20,21)13(25)7-11-6-10-4-3-5-12(15(10)31-19(11)28)16(27)30-9-29-14(26)8-18(22,23)24/h3-5,11,28H,2,6-9H2,1H3/t11-/m1/s1. The summed E-state index contributed by atoms with van der Waals surface area (Å²) in [6.07, 6.45) is -8.01. The van der Waals surface area contributed by atoms with Crippen LogP contribution in [0.2, 0.25) is 5.82 Å². The highest BCUT2D eigenvalue weighted by Crippen LogP contribution is 2.38. The lowest BCUT2D eigenvalue weighted by Crippen LogP contribution is -2.38. The highest BCUT2D eigenvalue weighted by molar-refractivity contribution is 6.47. The first-order valence-electron chi connectivity index (χ1n) is 9.11. The largest absolute Gasteiger partial charge is 0.535 e. The Balaban J connectivity index is 2.03. The first-order valence-corrected chi connectivity index (χ1v) is 9.11. The molecule has 0 spiro atoms. The molecule has 0 amide bonds. The predicted molar refractivity (Wildman–Crippen MR) is 94.4 cm³/mol. The molecule has 7 nitrogen and oxygen atoms in total. The number of alkyl halides is 5. The van der Waals surface area contributed by atoms with Crippen molar-refractivity contribution in [1.29, 1.82) is 0 Å². The van der Waals surface area contributed by atoms with E-state index in [1.165, 1.54) is 18.2 Å². The molecule has 0 bridgehead atoms. The third-order valence-corrected chi connectivity index (χ3v) is 4.49. The second-order valence-corrected chi connectivity index (χ2v) is 6.81. The first kappa shape index (κ1) is 24.6. The third kappa shape index (κ3) is 6.64. The number of ketones is 1. The summed E-state index contributed by atoms with van der Waals surface area (Å²) in [7, 11) is -1.66. The fourth-order valence-electron chi connectivity index (χ4n) is 2.84. The van der Waals surface area contributed by atoms with Gasteiger partial charge in [-0.3, -0.25) is 9.59 Å². The van der Waals surface area contributed by atoms with Gasteiger partial charge in [-0.25, -0.2) is 4.79 Å². The van der Waals surface area contributed by atoms with E-state index in [2.05, 4.69) is 9.47 Å². The van der Waals surface area contributed by atoms with Crippen molar-refractivity contribution < 1.29 is 55.5 Å². The van der Waals surface area contributed by atoms with Crippen LogP contribution in [-0.4, -0.2) is 48.8 Å². The van der Waals surface area contributed by atoms with Gasteiger partial charge in [0, 0.05) is 18.7 Å². The van der Waals surface area contributed by atoms with Gasteiger partial charge in [-0.15, -0.1) is 0 Å². The quantitative estimate of drug-likeness (QED) is 0.280. The van der Waals surface area contributed by atoms with Crippen LogP contribution < -0.4 is 4.65 Å². The number of hydrogen-bond donors (Lipinski definition) is 1. The summed E-state index contributed by atoms with van der Waals surface area (Å²) in [5.74, 6) is -8.74. The Labute approximate surface area is 173 Å². The van der Waals surface area contributed by atoms with Crippen LogP contribution >= 0.6 is 0 Å². The van der Waals surface area contributed by atoms with Crippen LogP contribution in [0.25, 0.3) is 0 Å². The Hall–Kier alpha value is -2.70. The number of para-hydroxylation sites is 1. The van der Waals surface area contributed by atoms with Crippen LogP contribution in [0.1, 0.15) is 42.1 Å². The van der Waals surface area contributed by atoms with Crippen LogP contribution in [0.4, 0.5) is 22.0 Å². The summed E-state index contributed by atoms with van der Waals surface area (Å²) < 4.78 is 77.3. The molecule has 0 radical (unpaired) electrons. The summed E-state index contributed by atoms with van der Waals surface area (Å²) in [4.78, 5) is 34.9. The van der Waals surface area contributed by atoms with Crippen LogP contribution in [0, 0.1) is 0 Å². The summed E-state index contributed by atoms with van der Waals surface area (Å²) in [6.45, 7) is 0.0719. The molecule has 0 fully saturated rings. The van der Waals surface area contributed by atoms with E-state index in [4.69, 9.17) is 4.65 Å². The van der Waals surface area contributed by atoms with Crippen molar-refractivity contribution in [2.75, 3.05) is 6.79 Å². The summed E-state index contributed by atoms with van der Waals surface area (Å²) >= 11 is 0. The highest BCUT2D eigenvalue weighted by atomic mass is 19.4. The maximum absolute atomic E-state index is 13.5. The number of fused-ring (bicyclic) bond motifs is 1. The Bertz CT molecular complexity index is 843. The molecule has 0 aromatic heterocycles. The molecule has 2 rings (SSSR count). The van der Waals surface area contributed by atoms with Crippen molar-refractivity contribution in [1.82, 2.24) is 0 Å². The zero-order valence-corrected chi connectivity index (χ0v) is 16.2. The number of carbonyl (C=O) groups is 3. The van der Waals surface area contributed by atoms with E-state index >= 15 is 0 Å². The molecule has 0 unspecified atom stereocenters. The third-order valence-electron chi connectivity index (χ3n) is 4.49. The maximum atomic E-state index is 13.5. The smallest absolute Gasteiger partial charge is 0.526 e. The lowest BCUT2D eigenvalue weighted by molar-refractivity contribution is -0.177. The minimum atomic E-state index is -4.78. The van der Waals surface area contributed by atoms with Crippen molar-refractivity contribution in [3.63, 3.8) is 0 Å². The van der Waals surface area contributed by atoms with Gasteiger partial charge in [0.2, 0.25) is 12.6 Å². The normalized spacial score (nSPS) is 16.2. The van der Waals surface area contributed by atoms with E-state index in [9.17, 15) is 41.4 Å². The fourth-order valence-corrected chi connectivity index (χ4v) is 2.84. The molecule has 0 saturated heterocycles. The average molecular weight is 452 g/mol. The van der Waals surface area contributed by atoms with Gasteiger partial charge in [0.15, 0.2) is 0 Å². The number of halogens is 5. The van der Waals surface area contributed by atoms with Crippen molar-refractivity contribution >= 4 is 24.8 Å². The van der Waals surface area contributed by atoms with Crippen molar-refractivity contribution in [3.8, 4) is 5.75 Å². The van der Waals surface area contributed by atoms with Crippen LogP contribution in [-0.2, 0) is 25.5 Å². The number of benzene rings is 1. The van der Waals surface area contributed by atoms with Crippen LogP contribution in [0.15, 0.2) is 18.2 Å². The molecule has 31 heavy (non-hydrogen) atoms. The van der Waals surface area contributed by atoms with Gasteiger partial charge in [0.25, 0.3) is 0 Å². The highest BCUT2D eigenvalue weighted by Gasteiger charge is 2.43. The van der Waals surface area contributed by atoms with Gasteiger partial charge in [0.05, 0.1) is 0 Å². The Morgan fingerprint density at radius 3 is 2.48 bits per heavy atom. The molecule has 1 N–H and O–H groups in total. The van der Waals surface area contributed by atoms with Gasteiger partial charge in [-0.2, -0.15) is 22.0 Å². The lowest BCUT2D eigenvalue weighted by Gasteiger charge is -2.29. The summed E-state index contributed by atoms with van der Waals surface area (Å²) in [5.41, 5.74) is 0.0958. The Morgan fingerprint density at radius 2 is 1.87 bits per heavy atom. The molecular weight excluding hydrogens is 434 g/mol. The van der Waals surface area contributed by atoms with Gasteiger partial charge in [-0.1, -0.05) is 19.1 Å². The molecule has 1 aliphatic rings. The zero-order valence-electron chi connectivity index (χ0n) is 16.2. The van der Waals surface area contributed by atoms with Crippen LogP contribution in [0.5, 0.6) is 5.75 Å². The number of ether oxygens (including phenoxy) is 2. The van der Waals surface area contributed by atoms with E-state index in [1.807, 2.05) is 0 Å². The number of esters is 2. The van der Waals surface area contributed by atoms with Gasteiger partial charge >= 0.3 is 31.2 Å². The van der Waals surface area contributed by atoms with Crippen LogP contribution in [0.3, 0.4) is 0 Å². The van der Waals surface area contributed by atoms with Crippen molar-refractivity contribution in [2.45, 2.75) is 50.5 Å². The molecular formula is C18H18BF5O7. The fraction of sp³-hybridized carbons (Fsp3) is 0.500. The van der Waals surface area contributed by atoms with Gasteiger partial charge < -0.3 is 19.2 Å². The zero-order chi connectivity index (χ0) is 23.4. The predicted octanol–water partition coefficient (Wildman–Crippen LogP) is 3.09. The molecule has 170 valence electrons. The van der Waals surface area contributed by atoms with E-state index < -0.39 is 68.8 Å². The molecule has 1 aromatic carbocycles. The monoisotopic (exact) mass is 452 g/mol. The van der Waals surface area contributed by atoms with Crippen molar-refractivity contribution in [3.05, 3.63) is 29.3 Å². The number of rotatable bonds is 8. The second kappa shape index (κ2) is 9.63. The van der Waals surface area contributed by atoms with E-state index in [0.717, 1.165) is 6.92 Å². The lowest BCUT2D eigenvalue weighted by atomic mass is 9.64. The molecule has 0 aliphatic carbocycles. The number of Topliss-reactive ketones (excluding diaryl/α,β-unsaturated/α-hetero) is 1. The summed E-state index contributed by atoms with van der Waals surface area (Å²) in [6, 6.07) is 4.10. The minimum Gasteiger partial charge on any atom is -0.535 e. The second-order valence-electron chi connectivity index (χ2n) is 6.81. The van der Waals surface area contributed by atoms with E-state index in [0.29, 0.717) is 5.56 Å². The van der Waals surface area contributed by atoms with Gasteiger partial charge in [-0.05, 0) is 18.1 Å². The molecule has 1 aromatic rings. The summed E-state index contributed by atoms with van der Waals surface area (Å²) in [5, 5.41) is 10.1. The first-order chi connectivity index (χ1) is 14.3. The molecule has 13 heteroatoms. The maximum Gasteiger partial charge on any atom is 0.526 e. The molecule has 0 saturated carbocycles. The van der Waals surface area contributed by atoms with Gasteiger partial charge in [0.1, 0.15) is 17.7 Å². The topological polar surface area (TPSA) is 99.1 Å². The minimum absolute atomic E-state index is 0.0519. The SMILES string of the molecule is CCC(F)(F)C(=O)C[C@H]1Cc2cccc(C(=O)OCOC(=O)CC(F)(F)F)c2OB1O. The molecule has 1 atom stereocenters. The Kier molecular flexibility index (Phi) is 7.63. The molecule has 1 heterocycles. The Morgan fingerprint density at radius 1 is 1.19 bits per heavy atom. The average Bonchev–Trinajstić information content (AvgIpc) is 2.66. The number of carbonyl (C=O) groups excluding carboxylic acids is 3. The van der Waals surface area contributed by atoms with E-state index in [-0.39, 0.29) is 17.7 Å². The van der Waals surface area contributed by atoms with Crippen molar-refractivity contribution in [2.24, 2.45) is 0 Å². The molecule has 1 aliphatic heterocycles.